The van der Waals surface area contributed by atoms with Gasteiger partial charge in [-0.2, -0.15) is 0 Å². The first-order valence-electron chi connectivity index (χ1n) is 23.6. The van der Waals surface area contributed by atoms with Crippen molar-refractivity contribution in [2.45, 2.75) is 0 Å². The number of benzene rings is 8. The largest absolute Gasteiger partial charge is 0.292 e. The first kappa shape index (κ1) is 45.1. The fourth-order valence-electron chi connectivity index (χ4n) is 11.5. The minimum atomic E-state index is 0.999. The van der Waals surface area contributed by atoms with Crippen molar-refractivity contribution >= 4 is 272 Å². The van der Waals surface area contributed by atoms with Crippen LogP contribution in [0.3, 0.4) is 0 Å². The smallest absolute Gasteiger partial charge is 0.144 e. The van der Waals surface area contributed by atoms with Gasteiger partial charge in [-0.3, -0.25) is 4.57 Å². The molecular weight excluding hydrogens is 763 g/mol. The second-order valence-corrected chi connectivity index (χ2v) is 19.6. The zero-order chi connectivity index (χ0) is 46.8. The number of nitrogens with zero attached hydrogens (tertiary/aromatic N) is 2. The van der Waals surface area contributed by atoms with Crippen LogP contribution in [0.25, 0.3) is 83.0 Å². The van der Waals surface area contributed by atoms with E-state index in [1.165, 1.54) is 159 Å². The molecule has 0 radical (unpaired) electrons. The summed E-state index contributed by atoms with van der Waals surface area (Å²) in [5.41, 5.74) is 36.8. The van der Waals surface area contributed by atoms with Gasteiger partial charge in [0.1, 0.15) is 147 Å². The van der Waals surface area contributed by atoms with Crippen molar-refractivity contribution in [1.82, 2.24) is 9.55 Å². The van der Waals surface area contributed by atoms with Gasteiger partial charge >= 0.3 is 0 Å². The van der Waals surface area contributed by atoms with Crippen molar-refractivity contribution in [2.24, 2.45) is 0 Å². The standard InChI is InChI=1S/C45H48B18N2/c46-27-21(28(47)36(55)43(62)35(27)54)15-5-3-4-14(12-15)20-24-22(29(48)37(56)39(58)31(24)50)19(23-25(20)32(51)40(59)38(57)30(23)49)13-8-10-16(11-9-13)65-18-7-2-1-6-17(18)64-45(65)26-33(52)41(60)44(63)42(61)34(26)53/h1-12H,46-63H2. The molecule has 9 aromatic rings. The van der Waals surface area contributed by atoms with Gasteiger partial charge in [0.2, 0.25) is 0 Å². The first-order valence-corrected chi connectivity index (χ1v) is 23.6. The van der Waals surface area contributed by atoms with Crippen molar-refractivity contribution in [1.29, 1.82) is 0 Å². The van der Waals surface area contributed by atoms with E-state index >= 15 is 0 Å². The topological polar surface area (TPSA) is 17.8 Å². The lowest BCUT2D eigenvalue weighted by molar-refractivity contribution is 1.11. The summed E-state index contributed by atoms with van der Waals surface area (Å²) in [5, 5.41) is 5.45. The molecule has 0 aliphatic carbocycles. The molecule has 0 atom stereocenters. The number of rotatable bonds is 5. The number of imidazole rings is 1. The lowest BCUT2D eigenvalue weighted by Gasteiger charge is -2.28. The summed E-state index contributed by atoms with van der Waals surface area (Å²) in [4.78, 5) is 5.38. The molecule has 0 N–H and O–H groups in total. The van der Waals surface area contributed by atoms with Crippen LogP contribution in [0.1, 0.15) is 0 Å². The Labute approximate surface area is 402 Å². The average molecular weight is 812 g/mol. The maximum absolute atomic E-state index is 5.38. The Morgan fingerprint density at radius 1 is 0.292 bits per heavy atom. The minimum Gasteiger partial charge on any atom is -0.292 e. The Balaban J connectivity index is 1.38. The highest BCUT2D eigenvalue weighted by atomic mass is 15.1. The van der Waals surface area contributed by atoms with E-state index in [0.29, 0.717) is 0 Å². The van der Waals surface area contributed by atoms with E-state index < -0.39 is 0 Å². The van der Waals surface area contributed by atoms with Gasteiger partial charge in [0.05, 0.1) is 11.0 Å². The molecule has 0 bridgehead atoms. The van der Waals surface area contributed by atoms with E-state index in [-0.39, 0.29) is 0 Å². The average Bonchev–Trinajstić information content (AvgIpc) is 3.69. The van der Waals surface area contributed by atoms with Crippen LogP contribution in [0, 0.1) is 0 Å². The third-order valence-electron chi connectivity index (χ3n) is 17.0. The normalized spacial score (nSPS) is 11.6. The van der Waals surface area contributed by atoms with E-state index in [9.17, 15) is 0 Å². The predicted molar refractivity (Wildman–Crippen MR) is 345 cm³/mol. The minimum absolute atomic E-state index is 0.999. The van der Waals surface area contributed by atoms with Gasteiger partial charge in [0.25, 0.3) is 0 Å². The van der Waals surface area contributed by atoms with Crippen LogP contribution in [0.5, 0.6) is 0 Å². The summed E-state index contributed by atoms with van der Waals surface area (Å²) >= 11 is 0. The summed E-state index contributed by atoms with van der Waals surface area (Å²) in [6.45, 7) is 0. The zero-order valence-corrected chi connectivity index (χ0v) is 42.3. The summed E-state index contributed by atoms with van der Waals surface area (Å²) in [5.74, 6) is 0.999. The molecule has 0 aliphatic heterocycles. The van der Waals surface area contributed by atoms with Crippen LogP contribution < -0.4 is 98.3 Å². The number of fused-ring (bicyclic) bond motifs is 3. The van der Waals surface area contributed by atoms with E-state index in [4.69, 9.17) is 4.98 Å². The van der Waals surface area contributed by atoms with Crippen LogP contribution in [-0.2, 0) is 0 Å². The lowest BCUT2D eigenvalue weighted by Crippen LogP contribution is -2.55. The Morgan fingerprint density at radius 3 is 1.09 bits per heavy atom. The highest BCUT2D eigenvalue weighted by molar-refractivity contribution is 6.73. The monoisotopic (exact) mass is 815 g/mol. The molecule has 0 spiro atoms. The Hall–Kier alpha value is -5.08. The lowest BCUT2D eigenvalue weighted by atomic mass is 9.59. The molecular formula is C45H48B18N2. The molecule has 0 fully saturated rings. The van der Waals surface area contributed by atoms with E-state index in [1.54, 1.807) is 0 Å². The van der Waals surface area contributed by atoms with Crippen LogP contribution in [-0.4, -0.2) is 151 Å². The molecule has 0 amide bonds. The summed E-state index contributed by atoms with van der Waals surface area (Å²) in [6.07, 6.45) is 0. The van der Waals surface area contributed by atoms with Crippen LogP contribution in [0.2, 0.25) is 0 Å². The molecule has 20 heteroatoms. The van der Waals surface area contributed by atoms with Gasteiger partial charge in [-0.1, -0.05) is 86.2 Å². The Kier molecular flexibility index (Phi) is 11.3. The quantitative estimate of drug-likeness (QED) is 0.125. The number of para-hydroxylation sites is 2. The molecule has 0 unspecified atom stereocenters. The predicted octanol–water partition coefficient (Wildman–Crippen LogP) is -19.3. The van der Waals surface area contributed by atoms with E-state index in [2.05, 4.69) is 219 Å². The number of aromatic nitrogens is 2. The SMILES string of the molecule is Bc1c(B)c(B)c(-c2cccc(-c3c4c(B)c(B)c(B)c(B)c4c(-c4ccc(-n5c(-c6c(B)c(B)c(B)c(B)c6B)nc6ccccc65)cc4)c4c(B)c(B)c(B)c(B)c34)c2)c(B)c1B. The van der Waals surface area contributed by atoms with Crippen molar-refractivity contribution in [3.8, 4) is 50.5 Å². The fraction of sp³-hybridized carbons (Fsp3) is 0. The maximum Gasteiger partial charge on any atom is 0.144 e. The second-order valence-electron chi connectivity index (χ2n) is 19.6. The summed E-state index contributed by atoms with van der Waals surface area (Å²) in [7, 11) is 41.5. The maximum atomic E-state index is 5.38. The summed E-state index contributed by atoms with van der Waals surface area (Å²) in [6, 6.07) is 27.5. The molecule has 65 heavy (non-hydrogen) atoms. The highest BCUT2D eigenvalue weighted by Gasteiger charge is 2.27. The van der Waals surface area contributed by atoms with E-state index in [0.717, 1.165) is 22.5 Å². The van der Waals surface area contributed by atoms with Gasteiger partial charge in [-0.15, -0.1) is 54.6 Å². The number of hydrogen-bond donors (Lipinski definition) is 0. The molecule has 1 heterocycles. The summed E-state index contributed by atoms with van der Waals surface area (Å²) < 4.78 is 2.39. The van der Waals surface area contributed by atoms with Crippen LogP contribution in [0.15, 0.2) is 72.8 Å². The molecule has 1 aromatic heterocycles. The van der Waals surface area contributed by atoms with Crippen molar-refractivity contribution < 1.29 is 0 Å². The van der Waals surface area contributed by atoms with Gasteiger partial charge in [-0.05, 0) is 85.3 Å². The number of hydrogen-bond acceptors (Lipinski definition) is 1. The van der Waals surface area contributed by atoms with Crippen molar-refractivity contribution in [2.75, 3.05) is 0 Å². The second kappa shape index (κ2) is 16.4. The molecule has 292 valence electrons. The fourth-order valence-corrected chi connectivity index (χ4v) is 11.5. The molecule has 8 aromatic carbocycles. The van der Waals surface area contributed by atoms with Crippen molar-refractivity contribution in [3.63, 3.8) is 0 Å². The van der Waals surface area contributed by atoms with Crippen LogP contribution in [0.4, 0.5) is 0 Å². The van der Waals surface area contributed by atoms with Crippen LogP contribution >= 0.6 is 0 Å². The molecule has 0 saturated carbocycles. The Morgan fingerprint density at radius 2 is 0.646 bits per heavy atom. The zero-order valence-electron chi connectivity index (χ0n) is 42.3. The third-order valence-corrected chi connectivity index (χ3v) is 17.0. The Bertz CT molecular complexity index is 3440. The van der Waals surface area contributed by atoms with Gasteiger partial charge in [0.15, 0.2) is 0 Å². The first-order chi connectivity index (χ1) is 30.8. The highest BCUT2D eigenvalue weighted by Crippen LogP contribution is 2.41. The van der Waals surface area contributed by atoms with Gasteiger partial charge in [-0.25, -0.2) is 4.98 Å². The molecule has 0 aliphatic rings. The van der Waals surface area contributed by atoms with E-state index in [1.807, 2.05) is 0 Å². The molecule has 2 nitrogen and oxygen atoms in total. The molecule has 0 saturated heterocycles. The van der Waals surface area contributed by atoms with Crippen molar-refractivity contribution in [3.05, 3.63) is 72.8 Å². The third kappa shape index (κ3) is 6.61. The van der Waals surface area contributed by atoms with Gasteiger partial charge < -0.3 is 0 Å². The molecule has 9 rings (SSSR count). The van der Waals surface area contributed by atoms with Gasteiger partial charge in [0, 0.05) is 11.3 Å².